The van der Waals surface area contributed by atoms with Gasteiger partial charge in [-0.3, -0.25) is 9.89 Å². The van der Waals surface area contributed by atoms with Crippen molar-refractivity contribution in [1.82, 2.24) is 15.1 Å². The van der Waals surface area contributed by atoms with E-state index in [2.05, 4.69) is 29.3 Å². The van der Waals surface area contributed by atoms with Crippen LogP contribution in [0.1, 0.15) is 53.0 Å². The number of carbonyl (C=O) groups excluding carboxylic acids is 1. The van der Waals surface area contributed by atoms with Crippen LogP contribution in [0.2, 0.25) is 0 Å². The second-order valence-electron chi connectivity index (χ2n) is 8.79. The summed E-state index contributed by atoms with van der Waals surface area (Å²) in [6, 6.07) is 24.9. The molecule has 0 fully saturated rings. The molecule has 2 N–H and O–H groups in total. The van der Waals surface area contributed by atoms with Crippen molar-refractivity contribution in [1.29, 1.82) is 0 Å². The normalized spacial score (nSPS) is 14.8. The number of fused-ring (bicyclic) bond motifs is 1. The van der Waals surface area contributed by atoms with Gasteiger partial charge in [0.25, 0.3) is 5.91 Å². The average molecular weight is 468 g/mol. The minimum atomic E-state index is -0.343. The minimum absolute atomic E-state index is 0.0904. The molecule has 35 heavy (non-hydrogen) atoms. The molecule has 0 aliphatic carbocycles. The van der Waals surface area contributed by atoms with Gasteiger partial charge in [-0.1, -0.05) is 67.9 Å². The quantitative estimate of drug-likeness (QED) is 0.307. The summed E-state index contributed by atoms with van der Waals surface area (Å²) < 4.78 is 5.97. The summed E-state index contributed by atoms with van der Waals surface area (Å²) in [6.45, 7) is 3.34. The predicted octanol–water partition coefficient (Wildman–Crippen LogP) is 5.75. The van der Waals surface area contributed by atoms with Gasteiger partial charge in [0, 0.05) is 17.7 Å². The summed E-state index contributed by atoms with van der Waals surface area (Å²) in [7, 11) is 0. The van der Waals surface area contributed by atoms with Crippen molar-refractivity contribution >= 4 is 5.91 Å². The first-order valence-corrected chi connectivity index (χ1v) is 12.1. The van der Waals surface area contributed by atoms with E-state index in [1.807, 2.05) is 59.5 Å². The van der Waals surface area contributed by atoms with E-state index >= 15 is 0 Å². The van der Waals surface area contributed by atoms with Crippen LogP contribution >= 0.6 is 0 Å². The third-order valence-corrected chi connectivity index (χ3v) is 6.45. The standard InChI is InChI=1S/C29H29N3O3/c1-2-3-18-35-22-13-9-12-21(19-22)28-25-26(23-14-7-8-15-24(23)33)30-31-27(25)29(34)32(28)17-16-20-10-5-4-6-11-20/h4-15,19,28,33H,2-3,16-18H2,1H3,(H,30,31). The van der Waals surface area contributed by atoms with E-state index in [0.29, 0.717) is 30.1 Å². The summed E-state index contributed by atoms with van der Waals surface area (Å²) >= 11 is 0. The molecule has 1 aliphatic rings. The molecule has 6 heteroatoms. The maximum Gasteiger partial charge on any atom is 0.273 e. The first-order chi connectivity index (χ1) is 17.2. The van der Waals surface area contributed by atoms with Gasteiger partial charge in [0.05, 0.1) is 12.6 Å². The number of phenols is 1. The molecular formula is C29H29N3O3. The van der Waals surface area contributed by atoms with Gasteiger partial charge in [-0.2, -0.15) is 5.10 Å². The maximum atomic E-state index is 13.6. The Bertz CT molecular complexity index is 1320. The fourth-order valence-electron chi connectivity index (χ4n) is 4.66. The molecule has 0 bridgehead atoms. The maximum absolute atomic E-state index is 13.6. The molecular weight excluding hydrogens is 438 g/mol. The third kappa shape index (κ3) is 4.52. The van der Waals surface area contributed by atoms with Crippen molar-refractivity contribution < 1.29 is 14.6 Å². The second-order valence-corrected chi connectivity index (χ2v) is 8.79. The van der Waals surface area contributed by atoms with Crippen molar-refractivity contribution in [3.8, 4) is 22.8 Å². The Kier molecular flexibility index (Phi) is 6.53. The van der Waals surface area contributed by atoms with Gasteiger partial charge in [-0.25, -0.2) is 0 Å². The lowest BCUT2D eigenvalue weighted by atomic mass is 9.95. The zero-order valence-corrected chi connectivity index (χ0v) is 19.8. The van der Waals surface area contributed by atoms with Crippen molar-refractivity contribution in [2.75, 3.05) is 13.2 Å². The number of hydrogen-bond donors (Lipinski definition) is 2. The molecule has 1 amide bonds. The fourth-order valence-corrected chi connectivity index (χ4v) is 4.66. The first kappa shape index (κ1) is 22.7. The molecule has 6 nitrogen and oxygen atoms in total. The number of phenolic OH excluding ortho intramolecular Hbond substituents is 1. The van der Waals surface area contributed by atoms with Gasteiger partial charge in [-0.15, -0.1) is 0 Å². The highest BCUT2D eigenvalue weighted by atomic mass is 16.5. The van der Waals surface area contributed by atoms with E-state index in [0.717, 1.165) is 36.1 Å². The number of para-hydroxylation sites is 1. The highest BCUT2D eigenvalue weighted by Gasteiger charge is 2.42. The molecule has 1 atom stereocenters. The Labute approximate surface area is 205 Å². The van der Waals surface area contributed by atoms with Gasteiger partial charge in [0.1, 0.15) is 22.9 Å². The molecule has 2 heterocycles. The van der Waals surface area contributed by atoms with Crippen molar-refractivity contribution in [2.45, 2.75) is 32.2 Å². The second kappa shape index (κ2) is 10.1. The molecule has 0 saturated carbocycles. The highest BCUT2D eigenvalue weighted by molar-refractivity contribution is 6.00. The van der Waals surface area contributed by atoms with Gasteiger partial charge >= 0.3 is 0 Å². The number of amides is 1. The number of hydrogen-bond acceptors (Lipinski definition) is 4. The zero-order valence-electron chi connectivity index (χ0n) is 19.8. The number of aromatic nitrogens is 2. The van der Waals surface area contributed by atoms with Crippen LogP contribution in [-0.2, 0) is 6.42 Å². The Balaban J connectivity index is 1.56. The van der Waals surface area contributed by atoms with Crippen molar-refractivity contribution in [3.63, 3.8) is 0 Å². The van der Waals surface area contributed by atoms with E-state index < -0.39 is 0 Å². The third-order valence-electron chi connectivity index (χ3n) is 6.45. The molecule has 178 valence electrons. The van der Waals surface area contributed by atoms with Gasteiger partial charge in [0.2, 0.25) is 0 Å². The number of aromatic hydroxyl groups is 1. The lowest BCUT2D eigenvalue weighted by molar-refractivity contribution is 0.0745. The molecule has 1 unspecified atom stereocenters. The van der Waals surface area contributed by atoms with Crippen LogP contribution in [0.4, 0.5) is 0 Å². The summed E-state index contributed by atoms with van der Waals surface area (Å²) in [4.78, 5) is 15.5. The summed E-state index contributed by atoms with van der Waals surface area (Å²) in [5, 5.41) is 18.0. The number of ether oxygens (including phenoxy) is 1. The average Bonchev–Trinajstić information content (AvgIpc) is 3.43. The molecule has 1 aliphatic heterocycles. The van der Waals surface area contributed by atoms with Gasteiger partial charge in [-0.05, 0) is 48.2 Å². The molecule has 3 aromatic carbocycles. The monoisotopic (exact) mass is 467 g/mol. The number of carbonyl (C=O) groups is 1. The van der Waals surface area contributed by atoms with E-state index in [-0.39, 0.29) is 17.7 Å². The Morgan fingerprint density at radius 1 is 1.03 bits per heavy atom. The SMILES string of the molecule is CCCCOc1cccc(C2c3c(-c4ccccc4O)n[nH]c3C(=O)N2CCc2ccccc2)c1. The number of rotatable bonds is 9. The predicted molar refractivity (Wildman–Crippen MR) is 136 cm³/mol. The number of aromatic amines is 1. The molecule has 0 spiro atoms. The summed E-state index contributed by atoms with van der Waals surface area (Å²) in [5.74, 6) is 0.826. The number of benzene rings is 3. The lowest BCUT2D eigenvalue weighted by Crippen LogP contribution is -2.31. The van der Waals surface area contributed by atoms with E-state index in [1.165, 1.54) is 5.56 Å². The van der Waals surface area contributed by atoms with Crippen LogP contribution in [0.25, 0.3) is 11.3 Å². The molecule has 0 radical (unpaired) electrons. The number of unbranched alkanes of at least 4 members (excludes halogenated alkanes) is 1. The Morgan fingerprint density at radius 2 is 1.83 bits per heavy atom. The highest BCUT2D eigenvalue weighted by Crippen LogP contribution is 2.44. The summed E-state index contributed by atoms with van der Waals surface area (Å²) in [6.07, 6.45) is 2.78. The van der Waals surface area contributed by atoms with Crippen molar-refractivity contribution in [3.05, 3.63) is 101 Å². The Morgan fingerprint density at radius 3 is 2.63 bits per heavy atom. The molecule has 4 aromatic rings. The molecule has 5 rings (SSSR count). The van der Waals surface area contributed by atoms with Gasteiger partial charge < -0.3 is 14.7 Å². The number of H-pyrrole nitrogens is 1. The lowest BCUT2D eigenvalue weighted by Gasteiger charge is -2.27. The largest absolute Gasteiger partial charge is 0.507 e. The molecule has 0 saturated heterocycles. The summed E-state index contributed by atoms with van der Waals surface area (Å²) in [5.41, 5.74) is 4.58. The smallest absolute Gasteiger partial charge is 0.273 e. The first-order valence-electron chi connectivity index (χ1n) is 12.1. The number of nitrogens with one attached hydrogen (secondary N) is 1. The van der Waals surface area contributed by atoms with Crippen molar-refractivity contribution in [2.24, 2.45) is 0 Å². The van der Waals surface area contributed by atoms with Crippen LogP contribution in [0.5, 0.6) is 11.5 Å². The van der Waals surface area contributed by atoms with Crippen LogP contribution in [0.15, 0.2) is 78.9 Å². The van der Waals surface area contributed by atoms with Gasteiger partial charge in [0.15, 0.2) is 0 Å². The van der Waals surface area contributed by atoms with Crippen LogP contribution in [0, 0.1) is 0 Å². The Hall–Kier alpha value is -4.06. The van der Waals surface area contributed by atoms with E-state index in [4.69, 9.17) is 4.74 Å². The van der Waals surface area contributed by atoms with Crippen LogP contribution in [-0.4, -0.2) is 39.3 Å². The number of nitrogens with zero attached hydrogens (tertiary/aromatic N) is 2. The van der Waals surface area contributed by atoms with E-state index in [1.54, 1.807) is 12.1 Å². The van der Waals surface area contributed by atoms with Crippen LogP contribution < -0.4 is 4.74 Å². The van der Waals surface area contributed by atoms with Crippen LogP contribution in [0.3, 0.4) is 0 Å². The molecule has 1 aromatic heterocycles. The topological polar surface area (TPSA) is 78.5 Å². The van der Waals surface area contributed by atoms with E-state index in [9.17, 15) is 9.90 Å². The fraction of sp³-hybridized carbons (Fsp3) is 0.241. The zero-order chi connectivity index (χ0) is 24.2. The minimum Gasteiger partial charge on any atom is -0.507 e.